The van der Waals surface area contributed by atoms with Crippen molar-refractivity contribution in [2.24, 2.45) is 5.92 Å². The molecule has 21 heavy (non-hydrogen) atoms. The van der Waals surface area contributed by atoms with Crippen LogP contribution in [0, 0.1) is 16.0 Å². The Bertz CT molecular complexity index is 751. The van der Waals surface area contributed by atoms with E-state index in [1.54, 1.807) is 6.07 Å². The number of aromatic amines is 1. The summed E-state index contributed by atoms with van der Waals surface area (Å²) in [5.41, 5.74) is 0.397. The monoisotopic (exact) mass is 288 g/mol. The second kappa shape index (κ2) is 5.16. The second-order valence-corrected chi connectivity index (χ2v) is 5.60. The largest absolute Gasteiger partial charge is 0.377 e. The molecule has 0 bridgehead atoms. The fourth-order valence-corrected chi connectivity index (χ4v) is 2.55. The standard InChI is InChI=1S/C14H16N4O3/c1-8(4-9-2-3-9)17-12-6-11-10(5-13(12)18(20)21)14(19)16-7-15-11/h5-9,17H,2-4H2,1H3,(H,15,16,19). The molecule has 1 atom stereocenters. The summed E-state index contributed by atoms with van der Waals surface area (Å²) in [5, 5.41) is 14.6. The van der Waals surface area contributed by atoms with Crippen LogP contribution in [0.25, 0.3) is 10.9 Å². The minimum Gasteiger partial charge on any atom is -0.377 e. The first-order chi connectivity index (χ1) is 10.0. The van der Waals surface area contributed by atoms with Gasteiger partial charge in [0.2, 0.25) is 0 Å². The van der Waals surface area contributed by atoms with E-state index in [-0.39, 0.29) is 22.7 Å². The summed E-state index contributed by atoms with van der Waals surface area (Å²) in [6.07, 6.45) is 4.78. The molecule has 3 rings (SSSR count). The first-order valence-corrected chi connectivity index (χ1v) is 6.97. The highest BCUT2D eigenvalue weighted by atomic mass is 16.6. The molecule has 1 aliphatic carbocycles. The quantitative estimate of drug-likeness (QED) is 0.650. The van der Waals surface area contributed by atoms with Crippen molar-refractivity contribution in [3.8, 4) is 0 Å². The van der Waals surface area contributed by atoms with E-state index in [0.29, 0.717) is 11.2 Å². The Kier molecular flexibility index (Phi) is 3.32. The number of nitro groups is 1. The van der Waals surface area contributed by atoms with Crippen LogP contribution >= 0.6 is 0 Å². The van der Waals surface area contributed by atoms with E-state index in [1.807, 2.05) is 6.92 Å². The van der Waals surface area contributed by atoms with Crippen LogP contribution in [-0.4, -0.2) is 20.9 Å². The molecule has 2 aromatic rings. The number of H-pyrrole nitrogens is 1. The van der Waals surface area contributed by atoms with Crippen LogP contribution in [0.5, 0.6) is 0 Å². The molecule has 1 aromatic carbocycles. The highest BCUT2D eigenvalue weighted by Gasteiger charge is 2.25. The molecule has 0 aliphatic heterocycles. The molecule has 1 fully saturated rings. The molecule has 1 unspecified atom stereocenters. The number of benzene rings is 1. The summed E-state index contributed by atoms with van der Waals surface area (Å²) in [6, 6.07) is 3.01. The molecule has 1 saturated carbocycles. The maximum atomic E-state index is 11.7. The Balaban J connectivity index is 2.00. The van der Waals surface area contributed by atoms with Gasteiger partial charge >= 0.3 is 0 Å². The summed E-state index contributed by atoms with van der Waals surface area (Å²) in [5.74, 6) is 0.730. The van der Waals surface area contributed by atoms with E-state index in [2.05, 4.69) is 15.3 Å². The van der Waals surface area contributed by atoms with Gasteiger partial charge in [-0.25, -0.2) is 4.98 Å². The van der Waals surface area contributed by atoms with E-state index in [0.717, 1.165) is 12.3 Å². The van der Waals surface area contributed by atoms with Crippen molar-refractivity contribution < 1.29 is 4.92 Å². The lowest BCUT2D eigenvalue weighted by molar-refractivity contribution is -0.383. The van der Waals surface area contributed by atoms with Crippen LogP contribution in [0.2, 0.25) is 0 Å². The highest BCUT2D eigenvalue weighted by Crippen LogP contribution is 2.35. The molecule has 7 nitrogen and oxygen atoms in total. The molecule has 1 aromatic heterocycles. The van der Waals surface area contributed by atoms with Crippen molar-refractivity contribution in [1.29, 1.82) is 0 Å². The van der Waals surface area contributed by atoms with Gasteiger partial charge in [-0.1, -0.05) is 12.8 Å². The van der Waals surface area contributed by atoms with E-state index >= 15 is 0 Å². The molecule has 7 heteroatoms. The van der Waals surface area contributed by atoms with Crippen LogP contribution in [-0.2, 0) is 0 Å². The highest BCUT2D eigenvalue weighted by molar-refractivity contribution is 5.86. The maximum absolute atomic E-state index is 11.7. The maximum Gasteiger partial charge on any atom is 0.293 e. The van der Waals surface area contributed by atoms with Gasteiger partial charge in [-0.05, 0) is 25.3 Å². The molecule has 0 amide bonds. The van der Waals surface area contributed by atoms with Crippen molar-refractivity contribution in [1.82, 2.24) is 9.97 Å². The minimum absolute atomic E-state index is 0.0938. The predicted octanol–water partition coefficient (Wildman–Crippen LogP) is 2.43. The molecule has 1 aliphatic rings. The van der Waals surface area contributed by atoms with Gasteiger partial charge in [0.25, 0.3) is 11.2 Å². The normalized spacial score (nSPS) is 15.9. The minimum atomic E-state index is -0.474. The molecule has 2 N–H and O–H groups in total. The van der Waals surface area contributed by atoms with Crippen LogP contribution in [0.3, 0.4) is 0 Å². The topological polar surface area (TPSA) is 101 Å². The Labute approximate surface area is 120 Å². The third kappa shape index (κ3) is 2.86. The Hall–Kier alpha value is -2.44. The summed E-state index contributed by atoms with van der Waals surface area (Å²) in [4.78, 5) is 28.9. The van der Waals surface area contributed by atoms with Crippen LogP contribution in [0.15, 0.2) is 23.3 Å². The molecular formula is C14H16N4O3. The summed E-state index contributed by atoms with van der Waals surface area (Å²) in [7, 11) is 0. The number of rotatable bonds is 5. The van der Waals surface area contributed by atoms with Gasteiger partial charge in [-0.3, -0.25) is 14.9 Å². The number of hydrogen-bond donors (Lipinski definition) is 2. The molecular weight excluding hydrogens is 272 g/mol. The third-order valence-electron chi connectivity index (χ3n) is 3.74. The van der Waals surface area contributed by atoms with Gasteiger partial charge in [-0.2, -0.15) is 0 Å². The van der Waals surface area contributed by atoms with E-state index < -0.39 is 4.92 Å². The average molecular weight is 288 g/mol. The fraction of sp³-hybridized carbons (Fsp3) is 0.429. The predicted molar refractivity (Wildman–Crippen MR) is 79.4 cm³/mol. The zero-order valence-electron chi connectivity index (χ0n) is 11.6. The Morgan fingerprint density at radius 1 is 1.52 bits per heavy atom. The SMILES string of the molecule is CC(CC1CC1)Nc1cc2nc[nH]c(=O)c2cc1[N+](=O)[O-]. The van der Waals surface area contributed by atoms with Crippen molar-refractivity contribution in [2.75, 3.05) is 5.32 Å². The summed E-state index contributed by atoms with van der Waals surface area (Å²) >= 11 is 0. The van der Waals surface area contributed by atoms with Gasteiger partial charge in [-0.15, -0.1) is 0 Å². The molecule has 0 spiro atoms. The third-order valence-corrected chi connectivity index (χ3v) is 3.74. The van der Waals surface area contributed by atoms with Crippen LogP contribution in [0.4, 0.5) is 11.4 Å². The number of nitrogens with zero attached hydrogens (tertiary/aromatic N) is 2. The Morgan fingerprint density at radius 3 is 2.95 bits per heavy atom. The smallest absolute Gasteiger partial charge is 0.293 e. The number of aromatic nitrogens is 2. The number of anilines is 1. The van der Waals surface area contributed by atoms with Crippen molar-refractivity contribution in [2.45, 2.75) is 32.2 Å². The lowest BCUT2D eigenvalue weighted by Crippen LogP contribution is -2.17. The van der Waals surface area contributed by atoms with Gasteiger partial charge < -0.3 is 10.3 Å². The average Bonchev–Trinajstić information content (AvgIpc) is 3.22. The van der Waals surface area contributed by atoms with Crippen LogP contribution in [0.1, 0.15) is 26.2 Å². The zero-order chi connectivity index (χ0) is 15.0. The molecule has 1 heterocycles. The van der Waals surface area contributed by atoms with Gasteiger partial charge in [0.15, 0.2) is 0 Å². The number of fused-ring (bicyclic) bond motifs is 1. The van der Waals surface area contributed by atoms with Crippen LogP contribution < -0.4 is 10.9 Å². The summed E-state index contributed by atoms with van der Waals surface area (Å²) in [6.45, 7) is 2.01. The second-order valence-electron chi connectivity index (χ2n) is 5.60. The van der Waals surface area contributed by atoms with Crippen molar-refractivity contribution in [3.05, 3.63) is 38.9 Å². The first kappa shape index (κ1) is 13.5. The van der Waals surface area contributed by atoms with Crippen molar-refractivity contribution in [3.63, 3.8) is 0 Å². The van der Waals surface area contributed by atoms with Gasteiger partial charge in [0, 0.05) is 12.1 Å². The molecule has 0 saturated heterocycles. The van der Waals surface area contributed by atoms with E-state index in [9.17, 15) is 14.9 Å². The van der Waals surface area contributed by atoms with Gasteiger partial charge in [0.1, 0.15) is 5.69 Å². The first-order valence-electron chi connectivity index (χ1n) is 6.97. The lowest BCUT2D eigenvalue weighted by Gasteiger charge is -2.15. The van der Waals surface area contributed by atoms with Gasteiger partial charge in [0.05, 0.1) is 22.2 Å². The van der Waals surface area contributed by atoms with Crippen molar-refractivity contribution >= 4 is 22.3 Å². The van der Waals surface area contributed by atoms with E-state index in [1.165, 1.54) is 25.2 Å². The summed E-state index contributed by atoms with van der Waals surface area (Å²) < 4.78 is 0. The fourth-order valence-electron chi connectivity index (χ4n) is 2.55. The number of hydrogen-bond acceptors (Lipinski definition) is 5. The Morgan fingerprint density at radius 2 is 2.29 bits per heavy atom. The number of nitro benzene ring substituents is 1. The molecule has 110 valence electrons. The molecule has 0 radical (unpaired) electrons. The van der Waals surface area contributed by atoms with E-state index in [4.69, 9.17) is 0 Å². The number of nitrogens with one attached hydrogen (secondary N) is 2. The lowest BCUT2D eigenvalue weighted by atomic mass is 10.1. The zero-order valence-corrected chi connectivity index (χ0v) is 11.6.